The predicted molar refractivity (Wildman–Crippen MR) is 69.8 cm³/mol. The van der Waals surface area contributed by atoms with E-state index in [9.17, 15) is 8.42 Å². The molecule has 7 nitrogen and oxygen atoms in total. The lowest BCUT2D eigenvalue weighted by Crippen LogP contribution is -2.11. The number of nitrogens with zero attached hydrogens (tertiary/aromatic N) is 2. The molecule has 1 aromatic carbocycles. The molecule has 1 heterocycles. The Morgan fingerprint density at radius 1 is 1.26 bits per heavy atom. The van der Waals surface area contributed by atoms with Crippen LogP contribution in [0.15, 0.2) is 33.6 Å². The van der Waals surface area contributed by atoms with E-state index >= 15 is 0 Å². The van der Waals surface area contributed by atoms with E-state index in [0.29, 0.717) is 23.9 Å². The Kier molecular flexibility index (Phi) is 4.03. The van der Waals surface area contributed by atoms with Crippen molar-refractivity contribution in [2.75, 3.05) is 11.2 Å². The zero-order valence-corrected chi connectivity index (χ0v) is 11.3. The molecule has 0 aliphatic rings. The van der Waals surface area contributed by atoms with Gasteiger partial charge in [-0.3, -0.25) is 0 Å². The summed E-state index contributed by atoms with van der Waals surface area (Å²) in [5.74, 6) is 0.823. The molecular formula is C10H11ClN4O3S. The quantitative estimate of drug-likeness (QED) is 0.804. The first-order chi connectivity index (χ1) is 8.99. The lowest BCUT2D eigenvalue weighted by Gasteiger charge is -2.02. The summed E-state index contributed by atoms with van der Waals surface area (Å²) >= 11 is 5.55. The van der Waals surface area contributed by atoms with Crippen LogP contribution in [0, 0.1) is 0 Å². The van der Waals surface area contributed by atoms with Crippen molar-refractivity contribution in [1.82, 2.24) is 10.2 Å². The fourth-order valence-electron chi connectivity index (χ4n) is 1.34. The third-order valence-electron chi connectivity index (χ3n) is 2.21. The fourth-order valence-corrected chi connectivity index (χ4v) is 2.01. The van der Waals surface area contributed by atoms with Gasteiger partial charge in [-0.25, -0.2) is 13.6 Å². The Morgan fingerprint density at radius 2 is 1.95 bits per heavy atom. The number of nitrogens with two attached hydrogens (primary N) is 1. The maximum absolute atomic E-state index is 11.1. The molecule has 0 atom stereocenters. The van der Waals surface area contributed by atoms with Gasteiger partial charge in [0.15, 0.2) is 0 Å². The Labute approximate surface area is 114 Å². The molecule has 19 heavy (non-hydrogen) atoms. The summed E-state index contributed by atoms with van der Waals surface area (Å²) < 4.78 is 27.4. The van der Waals surface area contributed by atoms with Crippen LogP contribution in [0.2, 0.25) is 0 Å². The molecule has 0 fully saturated rings. The van der Waals surface area contributed by atoms with E-state index in [0.717, 1.165) is 0 Å². The third-order valence-corrected chi connectivity index (χ3v) is 3.33. The number of aryl methyl sites for hydroxylation is 1. The van der Waals surface area contributed by atoms with Crippen molar-refractivity contribution in [3.8, 4) is 0 Å². The smallest absolute Gasteiger partial charge is 0.320 e. The normalized spacial score (nSPS) is 11.5. The van der Waals surface area contributed by atoms with Gasteiger partial charge in [0, 0.05) is 18.0 Å². The van der Waals surface area contributed by atoms with E-state index in [1.807, 2.05) is 0 Å². The summed E-state index contributed by atoms with van der Waals surface area (Å²) in [7, 11) is -3.69. The van der Waals surface area contributed by atoms with Crippen molar-refractivity contribution in [2.45, 2.75) is 11.3 Å². The zero-order valence-electron chi connectivity index (χ0n) is 9.71. The number of halogens is 1. The zero-order chi connectivity index (χ0) is 13.9. The molecule has 1 aromatic heterocycles. The molecule has 2 aromatic rings. The Hall–Kier alpha value is -1.64. The van der Waals surface area contributed by atoms with Crippen LogP contribution in [0.4, 0.5) is 11.7 Å². The number of rotatable bonds is 5. The molecule has 3 N–H and O–H groups in total. The number of hydrogen-bond donors (Lipinski definition) is 2. The molecule has 0 saturated carbocycles. The summed E-state index contributed by atoms with van der Waals surface area (Å²) in [5.41, 5.74) is 0.605. The number of aromatic nitrogens is 2. The molecule has 2 rings (SSSR count). The van der Waals surface area contributed by atoms with E-state index in [1.165, 1.54) is 12.1 Å². The number of benzene rings is 1. The number of nitrogens with one attached hydrogen (secondary N) is 1. The highest BCUT2D eigenvalue weighted by atomic mass is 35.5. The first-order valence-corrected chi connectivity index (χ1v) is 7.35. The molecule has 0 spiro atoms. The highest BCUT2D eigenvalue weighted by molar-refractivity contribution is 7.89. The summed E-state index contributed by atoms with van der Waals surface area (Å²) in [5, 5.41) is 15.4. The standard InChI is InChI=1S/C10H11ClN4O3S/c11-6-5-9-14-15-10(18-9)13-7-1-3-8(4-2-7)19(12,16)17/h1-4H,5-6H2,(H,13,15)(H2,12,16,17). The third kappa shape index (κ3) is 3.66. The van der Waals surface area contributed by atoms with Gasteiger partial charge < -0.3 is 9.73 Å². The maximum Gasteiger partial charge on any atom is 0.320 e. The van der Waals surface area contributed by atoms with E-state index in [1.54, 1.807) is 12.1 Å². The van der Waals surface area contributed by atoms with Crippen LogP contribution < -0.4 is 10.5 Å². The summed E-state index contributed by atoms with van der Waals surface area (Å²) in [6.07, 6.45) is 0.487. The van der Waals surface area contributed by atoms with Gasteiger partial charge in [0.05, 0.1) is 4.90 Å². The predicted octanol–water partition coefficient (Wildman–Crippen LogP) is 1.24. The van der Waals surface area contributed by atoms with Gasteiger partial charge in [-0.05, 0) is 24.3 Å². The second-order valence-electron chi connectivity index (χ2n) is 3.63. The van der Waals surface area contributed by atoms with Crippen molar-refractivity contribution < 1.29 is 12.8 Å². The molecule has 0 bridgehead atoms. The molecule has 0 saturated heterocycles. The summed E-state index contributed by atoms with van der Waals surface area (Å²) in [4.78, 5) is 0.0337. The van der Waals surface area contributed by atoms with Crippen molar-refractivity contribution in [3.63, 3.8) is 0 Å². The van der Waals surface area contributed by atoms with Gasteiger partial charge >= 0.3 is 6.01 Å². The van der Waals surface area contributed by atoms with Crippen molar-refractivity contribution in [3.05, 3.63) is 30.2 Å². The molecule has 9 heteroatoms. The van der Waals surface area contributed by atoms with E-state index in [4.69, 9.17) is 21.2 Å². The fraction of sp³-hybridized carbons (Fsp3) is 0.200. The minimum atomic E-state index is -3.69. The average Bonchev–Trinajstić information content (AvgIpc) is 2.77. The highest BCUT2D eigenvalue weighted by Gasteiger charge is 2.08. The molecule has 0 unspecified atom stereocenters. The average molecular weight is 303 g/mol. The van der Waals surface area contributed by atoms with Crippen LogP contribution >= 0.6 is 11.6 Å². The van der Waals surface area contributed by atoms with E-state index < -0.39 is 10.0 Å². The largest absolute Gasteiger partial charge is 0.408 e. The first-order valence-electron chi connectivity index (χ1n) is 5.27. The number of alkyl halides is 1. The topological polar surface area (TPSA) is 111 Å². The van der Waals surface area contributed by atoms with Gasteiger partial charge in [0.25, 0.3) is 0 Å². The Balaban J connectivity index is 2.10. The van der Waals surface area contributed by atoms with Crippen LogP contribution in [0.25, 0.3) is 0 Å². The van der Waals surface area contributed by atoms with Gasteiger partial charge in [-0.15, -0.1) is 16.7 Å². The van der Waals surface area contributed by atoms with Crippen LogP contribution in [0.5, 0.6) is 0 Å². The number of hydrogen-bond acceptors (Lipinski definition) is 6. The van der Waals surface area contributed by atoms with Gasteiger partial charge in [0.1, 0.15) is 0 Å². The van der Waals surface area contributed by atoms with Crippen molar-refractivity contribution in [1.29, 1.82) is 0 Å². The van der Waals surface area contributed by atoms with Crippen LogP contribution in [-0.2, 0) is 16.4 Å². The van der Waals surface area contributed by atoms with E-state index in [2.05, 4.69) is 15.5 Å². The van der Waals surface area contributed by atoms with Gasteiger partial charge in [0.2, 0.25) is 15.9 Å². The maximum atomic E-state index is 11.1. The molecule has 0 aliphatic heterocycles. The monoisotopic (exact) mass is 302 g/mol. The summed E-state index contributed by atoms with van der Waals surface area (Å²) in [6.45, 7) is 0. The van der Waals surface area contributed by atoms with Gasteiger partial charge in [-0.1, -0.05) is 5.10 Å². The van der Waals surface area contributed by atoms with Crippen molar-refractivity contribution >= 4 is 33.3 Å². The second kappa shape index (κ2) is 5.55. The molecule has 102 valence electrons. The lowest BCUT2D eigenvalue weighted by atomic mass is 10.3. The number of anilines is 2. The minimum absolute atomic E-state index is 0.0337. The molecule has 0 radical (unpaired) electrons. The molecule has 0 amide bonds. The number of sulfonamides is 1. The van der Waals surface area contributed by atoms with Crippen LogP contribution in [0.1, 0.15) is 5.89 Å². The highest BCUT2D eigenvalue weighted by Crippen LogP contribution is 2.17. The lowest BCUT2D eigenvalue weighted by molar-refractivity contribution is 0.516. The first kappa shape index (κ1) is 13.8. The molecule has 0 aliphatic carbocycles. The van der Waals surface area contributed by atoms with Crippen LogP contribution in [0.3, 0.4) is 0 Å². The van der Waals surface area contributed by atoms with Crippen molar-refractivity contribution in [2.24, 2.45) is 5.14 Å². The second-order valence-corrected chi connectivity index (χ2v) is 5.57. The minimum Gasteiger partial charge on any atom is -0.408 e. The SMILES string of the molecule is NS(=O)(=O)c1ccc(Nc2nnc(CCCl)o2)cc1. The van der Waals surface area contributed by atoms with Gasteiger partial charge in [-0.2, -0.15) is 0 Å². The summed E-state index contributed by atoms with van der Waals surface area (Å²) in [6, 6.07) is 6.07. The van der Waals surface area contributed by atoms with Crippen LogP contribution in [-0.4, -0.2) is 24.5 Å². The number of primary sulfonamides is 1. The van der Waals surface area contributed by atoms with E-state index in [-0.39, 0.29) is 10.9 Å². The molecular weight excluding hydrogens is 292 g/mol. The Bertz CT molecular complexity index is 654. The Morgan fingerprint density at radius 3 is 2.53 bits per heavy atom.